The van der Waals surface area contributed by atoms with E-state index in [0.29, 0.717) is 41.0 Å². The molecule has 1 heterocycles. The number of para-hydroxylation sites is 1. The van der Waals surface area contributed by atoms with Crippen LogP contribution in [-0.4, -0.2) is 18.0 Å². The number of benzene rings is 4. The number of nitrogens with zero attached hydrogens (tertiary/aromatic N) is 1. The maximum atomic E-state index is 9.98. The predicted molar refractivity (Wildman–Crippen MR) is 151 cm³/mol. The standard InChI is InChI=1S/C32H26ClNO4/c1-36-25-17-15-22(16-18-25)19-30-31(34-35)32(38-30)27(20-24-11-5-7-13-28(24)33)26-12-6-8-14-29(26)37-21-23-9-3-2-4-10-23/h2-19,35H,20-21H2,1H3/b30-19+,32-27+,34-31+. The van der Waals surface area contributed by atoms with Gasteiger partial charge in [-0.05, 0) is 47.0 Å². The van der Waals surface area contributed by atoms with Gasteiger partial charge >= 0.3 is 0 Å². The van der Waals surface area contributed by atoms with Crippen LogP contribution in [-0.2, 0) is 17.8 Å². The smallest absolute Gasteiger partial charge is 0.187 e. The average Bonchev–Trinajstić information content (AvgIpc) is 2.95. The minimum Gasteiger partial charge on any atom is -0.497 e. The molecule has 0 spiro atoms. The van der Waals surface area contributed by atoms with Gasteiger partial charge < -0.3 is 19.4 Å². The largest absolute Gasteiger partial charge is 0.497 e. The number of allylic oxidation sites excluding steroid dienone is 1. The first-order valence-electron chi connectivity index (χ1n) is 12.2. The molecule has 38 heavy (non-hydrogen) atoms. The maximum absolute atomic E-state index is 9.98. The average molecular weight is 524 g/mol. The highest BCUT2D eigenvalue weighted by atomic mass is 35.5. The van der Waals surface area contributed by atoms with Crippen LogP contribution in [0.1, 0.15) is 22.3 Å². The summed E-state index contributed by atoms with van der Waals surface area (Å²) in [5.41, 5.74) is 4.87. The number of ether oxygens (including phenoxy) is 3. The van der Waals surface area contributed by atoms with Crippen molar-refractivity contribution in [2.75, 3.05) is 7.11 Å². The molecule has 0 aliphatic carbocycles. The van der Waals surface area contributed by atoms with E-state index in [2.05, 4.69) is 5.16 Å². The zero-order chi connectivity index (χ0) is 26.3. The Hall–Kier alpha value is -4.48. The van der Waals surface area contributed by atoms with Crippen LogP contribution >= 0.6 is 11.6 Å². The molecule has 5 nitrogen and oxygen atoms in total. The molecule has 1 saturated heterocycles. The Morgan fingerprint density at radius 2 is 1.61 bits per heavy atom. The van der Waals surface area contributed by atoms with Crippen molar-refractivity contribution in [3.63, 3.8) is 0 Å². The molecule has 0 atom stereocenters. The van der Waals surface area contributed by atoms with Gasteiger partial charge in [-0.2, -0.15) is 0 Å². The molecule has 5 rings (SSSR count). The second-order valence-corrected chi connectivity index (χ2v) is 9.09. The van der Waals surface area contributed by atoms with Crippen molar-refractivity contribution in [3.05, 3.63) is 142 Å². The van der Waals surface area contributed by atoms with Crippen LogP contribution in [0.15, 0.2) is 120 Å². The molecule has 4 aromatic carbocycles. The SMILES string of the molecule is COc1ccc(/C=C2/OC(=C(\Cc3ccccc3Cl)c3ccccc3OCc3ccccc3)/C2=N/O)cc1. The zero-order valence-electron chi connectivity index (χ0n) is 20.8. The van der Waals surface area contributed by atoms with Gasteiger partial charge in [0, 0.05) is 22.6 Å². The van der Waals surface area contributed by atoms with Crippen LogP contribution in [0, 0.1) is 0 Å². The summed E-state index contributed by atoms with van der Waals surface area (Å²) in [5.74, 6) is 2.39. The Morgan fingerprint density at radius 1 is 0.895 bits per heavy atom. The Bertz CT molecular complexity index is 1510. The number of oxime groups is 1. The number of rotatable bonds is 8. The van der Waals surface area contributed by atoms with Crippen LogP contribution in [0.4, 0.5) is 0 Å². The number of hydrogen-bond donors (Lipinski definition) is 1. The molecular weight excluding hydrogens is 498 g/mol. The predicted octanol–water partition coefficient (Wildman–Crippen LogP) is 7.78. The Kier molecular flexibility index (Phi) is 7.76. The highest BCUT2D eigenvalue weighted by Crippen LogP contribution is 2.40. The first kappa shape index (κ1) is 25.2. The van der Waals surface area contributed by atoms with Crippen molar-refractivity contribution in [1.29, 1.82) is 0 Å². The second-order valence-electron chi connectivity index (χ2n) is 8.68. The van der Waals surface area contributed by atoms with E-state index < -0.39 is 0 Å². The normalized spacial score (nSPS) is 16.1. The summed E-state index contributed by atoms with van der Waals surface area (Å²) in [6.45, 7) is 0.414. The van der Waals surface area contributed by atoms with Crippen molar-refractivity contribution in [2.24, 2.45) is 5.16 Å². The third kappa shape index (κ3) is 5.58. The fourth-order valence-electron chi connectivity index (χ4n) is 4.23. The highest BCUT2D eigenvalue weighted by molar-refractivity contribution is 6.31. The van der Waals surface area contributed by atoms with E-state index in [1.807, 2.05) is 109 Å². The van der Waals surface area contributed by atoms with Crippen molar-refractivity contribution in [2.45, 2.75) is 13.0 Å². The molecule has 1 fully saturated rings. The minimum absolute atomic E-state index is 0.362. The Morgan fingerprint density at radius 3 is 2.34 bits per heavy atom. The third-order valence-corrected chi connectivity index (χ3v) is 6.59. The van der Waals surface area contributed by atoms with Gasteiger partial charge in [0.1, 0.15) is 18.1 Å². The summed E-state index contributed by atoms with van der Waals surface area (Å²) in [7, 11) is 1.62. The molecule has 0 aromatic heterocycles. The fourth-order valence-corrected chi connectivity index (χ4v) is 4.43. The van der Waals surface area contributed by atoms with Gasteiger partial charge in [-0.3, -0.25) is 0 Å². The maximum Gasteiger partial charge on any atom is 0.187 e. The lowest BCUT2D eigenvalue weighted by Gasteiger charge is -2.28. The van der Waals surface area contributed by atoms with Gasteiger partial charge in [-0.15, -0.1) is 0 Å². The molecule has 0 amide bonds. The van der Waals surface area contributed by atoms with E-state index in [0.717, 1.165) is 33.6 Å². The summed E-state index contributed by atoms with van der Waals surface area (Å²) < 4.78 is 17.7. The fraction of sp³-hybridized carbons (Fsp3) is 0.0938. The minimum atomic E-state index is 0.362. The van der Waals surface area contributed by atoms with Crippen molar-refractivity contribution < 1.29 is 19.4 Å². The van der Waals surface area contributed by atoms with Crippen LogP contribution in [0.5, 0.6) is 11.5 Å². The highest BCUT2D eigenvalue weighted by Gasteiger charge is 2.34. The quantitative estimate of drug-likeness (QED) is 0.189. The summed E-state index contributed by atoms with van der Waals surface area (Å²) in [6.07, 6.45) is 2.28. The lowest BCUT2D eigenvalue weighted by atomic mass is 9.92. The van der Waals surface area contributed by atoms with Crippen molar-refractivity contribution in [3.8, 4) is 11.5 Å². The molecule has 0 radical (unpaired) electrons. The lowest BCUT2D eigenvalue weighted by molar-refractivity contribution is 0.275. The van der Waals surface area contributed by atoms with Gasteiger partial charge in [0.2, 0.25) is 0 Å². The van der Waals surface area contributed by atoms with Crippen molar-refractivity contribution in [1.82, 2.24) is 0 Å². The van der Waals surface area contributed by atoms with E-state index in [9.17, 15) is 5.21 Å². The Balaban J connectivity index is 1.53. The molecule has 0 unspecified atom stereocenters. The molecule has 1 aliphatic heterocycles. The number of methoxy groups -OCH3 is 1. The van der Waals surface area contributed by atoms with Crippen molar-refractivity contribution >= 4 is 29.0 Å². The van der Waals surface area contributed by atoms with Crippen LogP contribution in [0.25, 0.3) is 11.6 Å². The molecular formula is C32H26ClNO4. The number of hydrogen-bond acceptors (Lipinski definition) is 5. The van der Waals surface area contributed by atoms with Crippen LogP contribution in [0.2, 0.25) is 5.02 Å². The molecule has 190 valence electrons. The van der Waals surface area contributed by atoms with E-state index in [1.54, 1.807) is 7.11 Å². The number of halogens is 1. The van der Waals surface area contributed by atoms with Gasteiger partial charge in [-0.25, -0.2) is 0 Å². The van der Waals surface area contributed by atoms with Gasteiger partial charge in [0.15, 0.2) is 17.2 Å². The lowest BCUT2D eigenvalue weighted by Crippen LogP contribution is -2.25. The summed E-state index contributed by atoms with van der Waals surface area (Å²) in [6, 6.07) is 33.0. The molecule has 4 aromatic rings. The third-order valence-electron chi connectivity index (χ3n) is 6.22. The van der Waals surface area contributed by atoms with Gasteiger partial charge in [0.05, 0.1) is 7.11 Å². The van der Waals surface area contributed by atoms with Gasteiger partial charge in [0.25, 0.3) is 0 Å². The van der Waals surface area contributed by atoms with E-state index in [-0.39, 0.29) is 0 Å². The van der Waals surface area contributed by atoms with Crippen LogP contribution in [0.3, 0.4) is 0 Å². The summed E-state index contributed by atoms with van der Waals surface area (Å²) in [4.78, 5) is 0. The van der Waals surface area contributed by atoms with E-state index in [1.165, 1.54) is 0 Å². The van der Waals surface area contributed by atoms with Crippen LogP contribution < -0.4 is 9.47 Å². The molecule has 1 aliphatic rings. The Labute approximate surface area is 226 Å². The van der Waals surface area contributed by atoms with Gasteiger partial charge in [-0.1, -0.05) is 95.6 Å². The molecule has 6 heteroatoms. The molecule has 0 saturated carbocycles. The van der Waals surface area contributed by atoms with E-state index in [4.69, 9.17) is 25.8 Å². The molecule has 0 bridgehead atoms. The topological polar surface area (TPSA) is 60.3 Å². The summed E-state index contributed by atoms with van der Waals surface area (Å²) in [5, 5.41) is 14.2. The first-order chi connectivity index (χ1) is 18.7. The van der Waals surface area contributed by atoms with E-state index >= 15 is 0 Å². The monoisotopic (exact) mass is 523 g/mol. The zero-order valence-corrected chi connectivity index (χ0v) is 21.6. The second kappa shape index (κ2) is 11.7. The molecule has 1 N–H and O–H groups in total. The summed E-state index contributed by atoms with van der Waals surface area (Å²) >= 11 is 6.54. The first-order valence-corrected chi connectivity index (χ1v) is 12.5.